The number of benzene rings is 9. The van der Waals surface area contributed by atoms with Crippen molar-refractivity contribution < 1.29 is 4.74 Å². The molecule has 0 saturated heterocycles. The summed E-state index contributed by atoms with van der Waals surface area (Å²) < 4.78 is 6.62. The predicted octanol–water partition coefficient (Wildman–Crippen LogP) is 14.4. The molecule has 5 heteroatoms. The molecule has 13 rings (SSSR count). The van der Waals surface area contributed by atoms with Gasteiger partial charge in [-0.05, 0) is 75.2 Å². The van der Waals surface area contributed by atoms with Gasteiger partial charge in [0.05, 0.1) is 16.6 Å². The zero-order chi connectivity index (χ0) is 42.2. The highest BCUT2D eigenvalue weighted by Crippen LogP contribution is 2.62. The van der Waals surface area contributed by atoms with E-state index in [2.05, 4.69) is 158 Å². The quantitative estimate of drug-likeness (QED) is 0.162. The third-order valence-electron chi connectivity index (χ3n) is 13.0. The van der Waals surface area contributed by atoms with E-state index in [1.54, 1.807) is 0 Å². The highest BCUT2D eigenvalue weighted by Gasteiger charge is 2.51. The normalized spacial score (nSPS) is 12.9. The minimum Gasteiger partial charge on any atom is -0.457 e. The third-order valence-corrected chi connectivity index (χ3v) is 13.0. The van der Waals surface area contributed by atoms with Crippen LogP contribution in [-0.4, -0.2) is 19.9 Å². The summed E-state index contributed by atoms with van der Waals surface area (Å²) in [5.74, 6) is 3.68. The molecule has 1 aliphatic heterocycles. The average molecular weight is 817 g/mol. The second kappa shape index (κ2) is 14.3. The van der Waals surface area contributed by atoms with E-state index in [9.17, 15) is 0 Å². The molecule has 0 N–H and O–H groups in total. The van der Waals surface area contributed by atoms with Gasteiger partial charge in [-0.1, -0.05) is 182 Å². The van der Waals surface area contributed by atoms with Crippen molar-refractivity contribution in [1.29, 1.82) is 0 Å². The monoisotopic (exact) mass is 816 g/mol. The van der Waals surface area contributed by atoms with E-state index in [4.69, 9.17) is 24.7 Å². The first-order chi connectivity index (χ1) is 31.7. The van der Waals surface area contributed by atoms with Crippen molar-refractivity contribution >= 4 is 21.7 Å². The first-order valence-corrected chi connectivity index (χ1v) is 21.6. The lowest BCUT2D eigenvalue weighted by molar-refractivity contribution is 0.436. The van der Waals surface area contributed by atoms with E-state index in [0.717, 1.165) is 78.0 Å². The minimum absolute atomic E-state index is 0.556. The van der Waals surface area contributed by atoms with Crippen LogP contribution in [0.1, 0.15) is 22.3 Å². The van der Waals surface area contributed by atoms with Crippen LogP contribution in [0.25, 0.3) is 89.4 Å². The van der Waals surface area contributed by atoms with Crippen LogP contribution < -0.4 is 4.74 Å². The van der Waals surface area contributed by atoms with Crippen molar-refractivity contribution in [3.63, 3.8) is 0 Å². The van der Waals surface area contributed by atoms with E-state index in [1.165, 1.54) is 27.6 Å². The summed E-state index contributed by atoms with van der Waals surface area (Å²) in [5, 5.41) is 3.42. The van der Waals surface area contributed by atoms with Crippen molar-refractivity contribution in [3.8, 4) is 79.2 Å². The molecule has 3 heterocycles. The van der Waals surface area contributed by atoms with Gasteiger partial charge in [0, 0.05) is 44.2 Å². The van der Waals surface area contributed by atoms with Crippen molar-refractivity contribution in [2.45, 2.75) is 5.41 Å². The summed E-state index contributed by atoms with van der Waals surface area (Å²) >= 11 is 0. The van der Waals surface area contributed by atoms with Crippen LogP contribution in [0.15, 0.2) is 218 Å². The number of ether oxygens (including phenoxy) is 1. The van der Waals surface area contributed by atoms with Gasteiger partial charge in [-0.2, -0.15) is 0 Å². The fourth-order valence-corrected chi connectivity index (χ4v) is 10.1. The molecule has 0 radical (unpaired) electrons. The molecule has 0 saturated carbocycles. The lowest BCUT2D eigenvalue weighted by Crippen LogP contribution is -2.32. The zero-order valence-electron chi connectivity index (χ0n) is 34.5. The van der Waals surface area contributed by atoms with E-state index in [0.29, 0.717) is 17.5 Å². The van der Waals surface area contributed by atoms with Gasteiger partial charge in [0.1, 0.15) is 11.5 Å². The molecule has 64 heavy (non-hydrogen) atoms. The van der Waals surface area contributed by atoms with Crippen molar-refractivity contribution in [3.05, 3.63) is 241 Å². The summed E-state index contributed by atoms with van der Waals surface area (Å²) in [6.45, 7) is 0. The van der Waals surface area contributed by atoms with E-state index >= 15 is 0 Å². The molecule has 0 fully saturated rings. The van der Waals surface area contributed by atoms with Gasteiger partial charge >= 0.3 is 0 Å². The summed E-state index contributed by atoms with van der Waals surface area (Å²) in [6, 6.07) is 76.8. The third kappa shape index (κ3) is 5.51. The predicted molar refractivity (Wildman–Crippen MR) is 257 cm³/mol. The van der Waals surface area contributed by atoms with E-state index < -0.39 is 5.41 Å². The SMILES string of the molecule is c1ccc(-c2nc(-c3ccccc3)nc(-c3cccc(-c4ccc(-c5nc6ccccc6c6cc7c(cc56)-c5ccccc5C75c6ccccc6Oc6ccccc65)cc4)c3)n2)cc1. The molecule has 0 unspecified atom stereocenters. The summed E-state index contributed by atoms with van der Waals surface area (Å²) in [4.78, 5) is 20.3. The van der Waals surface area contributed by atoms with E-state index in [-0.39, 0.29) is 0 Å². The Bertz CT molecular complexity index is 3540. The maximum absolute atomic E-state index is 6.62. The van der Waals surface area contributed by atoms with Crippen molar-refractivity contribution in [2.24, 2.45) is 0 Å². The van der Waals surface area contributed by atoms with Gasteiger partial charge in [0.15, 0.2) is 17.5 Å². The van der Waals surface area contributed by atoms with Gasteiger partial charge in [-0.15, -0.1) is 0 Å². The smallest absolute Gasteiger partial charge is 0.164 e. The highest BCUT2D eigenvalue weighted by molar-refractivity contribution is 6.13. The standard InChI is InChI=1S/C59H36N4O/c1-3-16-39(17-4-1)56-61-57(40-18-5-2-6-19-40)63-58(62-56)42-21-15-20-41(34-42)37-30-32-38(33-31-37)55-47-35-46-43-22-7-9-24-48(43)59(51(46)36-45(47)44-23-8-12-27-52(44)60-55)49-25-10-13-28-53(49)64-54-29-14-11-26-50(54)59/h1-36H. The number of para-hydroxylation sites is 3. The maximum Gasteiger partial charge on any atom is 0.164 e. The number of fused-ring (bicyclic) bond motifs is 12. The molecule has 5 nitrogen and oxygen atoms in total. The minimum atomic E-state index is -0.556. The fourth-order valence-electron chi connectivity index (χ4n) is 10.1. The van der Waals surface area contributed by atoms with Crippen LogP contribution in [0.3, 0.4) is 0 Å². The number of hydrogen-bond donors (Lipinski definition) is 0. The molecule has 0 atom stereocenters. The number of nitrogens with zero attached hydrogens (tertiary/aromatic N) is 4. The Labute approximate surface area is 370 Å². The molecule has 1 spiro atoms. The Balaban J connectivity index is 0.952. The van der Waals surface area contributed by atoms with Gasteiger partial charge in [0.2, 0.25) is 0 Å². The van der Waals surface area contributed by atoms with Gasteiger partial charge < -0.3 is 4.74 Å². The number of hydrogen-bond acceptors (Lipinski definition) is 5. The number of aromatic nitrogens is 4. The van der Waals surface area contributed by atoms with Gasteiger partial charge in [-0.3, -0.25) is 0 Å². The first kappa shape index (κ1) is 36.1. The molecular formula is C59H36N4O. The second-order valence-corrected chi connectivity index (χ2v) is 16.5. The molecule has 11 aromatic rings. The lowest BCUT2D eigenvalue weighted by Gasteiger charge is -2.39. The fraction of sp³-hybridized carbons (Fsp3) is 0.0169. The Hall–Kier alpha value is -8.54. The number of pyridine rings is 1. The molecule has 0 amide bonds. The molecule has 2 aromatic heterocycles. The van der Waals surface area contributed by atoms with Gasteiger partial charge in [-0.25, -0.2) is 19.9 Å². The van der Waals surface area contributed by atoms with Crippen LogP contribution in [0.5, 0.6) is 11.5 Å². The molecular weight excluding hydrogens is 781 g/mol. The van der Waals surface area contributed by atoms with Crippen LogP contribution in [0.4, 0.5) is 0 Å². The topological polar surface area (TPSA) is 60.8 Å². The molecule has 9 aromatic carbocycles. The van der Waals surface area contributed by atoms with Crippen LogP contribution >= 0.6 is 0 Å². The van der Waals surface area contributed by atoms with Crippen molar-refractivity contribution in [1.82, 2.24) is 19.9 Å². The second-order valence-electron chi connectivity index (χ2n) is 16.5. The zero-order valence-corrected chi connectivity index (χ0v) is 34.5. The summed E-state index contributed by atoms with van der Waals surface area (Å²) in [5.41, 5.74) is 14.6. The van der Waals surface area contributed by atoms with E-state index in [1.807, 2.05) is 60.7 Å². The molecule has 298 valence electrons. The van der Waals surface area contributed by atoms with Crippen LogP contribution in [-0.2, 0) is 5.41 Å². The molecule has 2 aliphatic rings. The highest BCUT2D eigenvalue weighted by atomic mass is 16.5. The van der Waals surface area contributed by atoms with Crippen molar-refractivity contribution in [2.75, 3.05) is 0 Å². The Morgan fingerprint density at radius 2 is 0.828 bits per heavy atom. The van der Waals surface area contributed by atoms with Crippen LogP contribution in [0, 0.1) is 0 Å². The largest absolute Gasteiger partial charge is 0.457 e. The molecule has 1 aliphatic carbocycles. The Morgan fingerprint density at radius 3 is 1.52 bits per heavy atom. The maximum atomic E-state index is 6.62. The Morgan fingerprint density at radius 1 is 0.297 bits per heavy atom. The lowest BCUT2D eigenvalue weighted by atomic mass is 9.66. The first-order valence-electron chi connectivity index (χ1n) is 21.6. The number of rotatable bonds is 5. The Kier molecular flexibility index (Phi) is 8.06. The summed E-state index contributed by atoms with van der Waals surface area (Å²) in [7, 11) is 0. The van der Waals surface area contributed by atoms with Gasteiger partial charge in [0.25, 0.3) is 0 Å². The molecule has 0 bridgehead atoms. The van der Waals surface area contributed by atoms with Crippen LogP contribution in [0.2, 0.25) is 0 Å². The average Bonchev–Trinajstić information content (AvgIpc) is 3.65. The summed E-state index contributed by atoms with van der Waals surface area (Å²) in [6.07, 6.45) is 0.